The SMILES string of the molecule is CCOc1c([C@H](C)n2nc(C)c3c(N)ncnc32)cc(Cl)c(C#N)c1C1CN(CC2CCOC2)C1. The van der Waals surface area contributed by atoms with Crippen molar-refractivity contribution in [1.82, 2.24) is 24.6 Å². The number of anilines is 1. The molecule has 0 bridgehead atoms. The summed E-state index contributed by atoms with van der Waals surface area (Å²) >= 11 is 6.70. The number of likely N-dealkylation sites (tertiary alicyclic amines) is 1. The molecule has 35 heavy (non-hydrogen) atoms. The average Bonchev–Trinajstić information content (AvgIpc) is 3.45. The molecule has 2 aliphatic heterocycles. The van der Waals surface area contributed by atoms with Gasteiger partial charge in [0.1, 0.15) is 24.0 Å². The van der Waals surface area contributed by atoms with E-state index in [1.54, 1.807) is 0 Å². The van der Waals surface area contributed by atoms with Gasteiger partial charge in [-0.05, 0) is 39.2 Å². The first kappa shape index (κ1) is 23.8. The van der Waals surface area contributed by atoms with Crippen molar-refractivity contribution in [3.05, 3.63) is 39.8 Å². The number of benzene rings is 1. The minimum atomic E-state index is -0.252. The highest BCUT2D eigenvalue weighted by molar-refractivity contribution is 6.32. The molecule has 3 aromatic rings. The summed E-state index contributed by atoms with van der Waals surface area (Å²) in [5.74, 6) is 1.88. The lowest BCUT2D eigenvalue weighted by Crippen LogP contribution is -2.47. The van der Waals surface area contributed by atoms with E-state index in [9.17, 15) is 5.26 Å². The number of fused-ring (bicyclic) bond motifs is 1. The third kappa shape index (κ3) is 4.20. The molecule has 2 N–H and O–H groups in total. The van der Waals surface area contributed by atoms with Crippen molar-refractivity contribution in [2.75, 3.05) is 45.2 Å². The van der Waals surface area contributed by atoms with E-state index in [4.69, 9.17) is 31.9 Å². The van der Waals surface area contributed by atoms with Crippen LogP contribution >= 0.6 is 11.6 Å². The zero-order chi connectivity index (χ0) is 24.7. The molecular formula is C25H30ClN7O2. The molecule has 0 saturated carbocycles. The van der Waals surface area contributed by atoms with E-state index in [1.807, 2.05) is 31.5 Å². The van der Waals surface area contributed by atoms with Crippen molar-refractivity contribution in [2.45, 2.75) is 39.2 Å². The highest BCUT2D eigenvalue weighted by Crippen LogP contribution is 2.44. The van der Waals surface area contributed by atoms with E-state index in [1.165, 1.54) is 6.33 Å². The van der Waals surface area contributed by atoms with Crippen LogP contribution in [-0.4, -0.2) is 64.1 Å². The molecule has 10 heteroatoms. The van der Waals surface area contributed by atoms with Crippen LogP contribution in [0.15, 0.2) is 12.4 Å². The first-order valence-corrected chi connectivity index (χ1v) is 12.4. The number of hydrogen-bond donors (Lipinski definition) is 1. The summed E-state index contributed by atoms with van der Waals surface area (Å²) < 4.78 is 13.6. The zero-order valence-electron chi connectivity index (χ0n) is 20.3. The van der Waals surface area contributed by atoms with E-state index in [-0.39, 0.29) is 12.0 Å². The van der Waals surface area contributed by atoms with Crippen LogP contribution in [0.2, 0.25) is 5.02 Å². The highest BCUT2D eigenvalue weighted by atomic mass is 35.5. The van der Waals surface area contributed by atoms with Crippen molar-refractivity contribution in [2.24, 2.45) is 5.92 Å². The molecule has 2 saturated heterocycles. The molecule has 9 nitrogen and oxygen atoms in total. The molecule has 2 atom stereocenters. The first-order valence-electron chi connectivity index (χ1n) is 12.1. The zero-order valence-corrected chi connectivity index (χ0v) is 21.0. The molecule has 5 rings (SSSR count). The summed E-state index contributed by atoms with van der Waals surface area (Å²) in [6.07, 6.45) is 2.56. The molecule has 4 heterocycles. The summed E-state index contributed by atoms with van der Waals surface area (Å²) in [5, 5.41) is 15.9. The van der Waals surface area contributed by atoms with Crippen molar-refractivity contribution >= 4 is 28.5 Å². The number of nitrogens with zero attached hydrogens (tertiary/aromatic N) is 6. The van der Waals surface area contributed by atoms with Crippen LogP contribution in [0.25, 0.3) is 11.0 Å². The Labute approximate surface area is 209 Å². The number of nitrogen functional groups attached to an aromatic ring is 1. The smallest absolute Gasteiger partial charge is 0.164 e. The van der Waals surface area contributed by atoms with Crippen molar-refractivity contribution in [1.29, 1.82) is 5.26 Å². The van der Waals surface area contributed by atoms with Gasteiger partial charge in [0.05, 0.1) is 40.9 Å². The molecule has 0 radical (unpaired) electrons. The van der Waals surface area contributed by atoms with Crippen LogP contribution in [0.1, 0.15) is 54.6 Å². The third-order valence-corrected chi connectivity index (χ3v) is 7.41. The second-order valence-corrected chi connectivity index (χ2v) is 9.83. The van der Waals surface area contributed by atoms with Gasteiger partial charge >= 0.3 is 0 Å². The predicted molar refractivity (Wildman–Crippen MR) is 134 cm³/mol. The highest BCUT2D eigenvalue weighted by Gasteiger charge is 2.36. The maximum Gasteiger partial charge on any atom is 0.164 e. The van der Waals surface area contributed by atoms with Gasteiger partial charge < -0.3 is 20.1 Å². The van der Waals surface area contributed by atoms with Gasteiger partial charge in [-0.15, -0.1) is 0 Å². The van der Waals surface area contributed by atoms with E-state index >= 15 is 0 Å². The Morgan fingerprint density at radius 3 is 2.86 bits per heavy atom. The summed E-state index contributed by atoms with van der Waals surface area (Å²) in [5.41, 5.74) is 9.78. The second-order valence-electron chi connectivity index (χ2n) is 9.42. The predicted octanol–water partition coefficient (Wildman–Crippen LogP) is 3.69. The summed E-state index contributed by atoms with van der Waals surface area (Å²) in [7, 11) is 0. The fourth-order valence-corrected chi connectivity index (χ4v) is 5.62. The molecule has 1 aromatic carbocycles. The fraction of sp³-hybridized carbons (Fsp3) is 0.520. The minimum Gasteiger partial charge on any atom is -0.493 e. The number of ether oxygens (including phenoxy) is 2. The standard InChI is InChI=1S/C25H30ClN7O2/c1-4-35-23-18(15(3)33-25-21(14(2)31-33)24(28)29-13-30-25)7-20(26)19(8-27)22(23)17-10-32(11-17)9-16-5-6-34-12-16/h7,13,15-17H,4-6,9-12H2,1-3H3,(H2,28,29,30)/t15-,16?/m0/s1. The summed E-state index contributed by atoms with van der Waals surface area (Å²) in [6, 6.07) is 3.92. The largest absolute Gasteiger partial charge is 0.493 e. The van der Waals surface area contributed by atoms with Crippen LogP contribution in [0, 0.1) is 24.2 Å². The Kier molecular flexibility index (Phi) is 6.53. The summed E-state index contributed by atoms with van der Waals surface area (Å²) in [4.78, 5) is 11.0. The Morgan fingerprint density at radius 2 is 2.17 bits per heavy atom. The lowest BCUT2D eigenvalue weighted by atomic mass is 9.84. The molecule has 0 amide bonds. The van der Waals surface area contributed by atoms with Crippen LogP contribution in [-0.2, 0) is 4.74 Å². The van der Waals surface area contributed by atoms with Gasteiger partial charge in [0.25, 0.3) is 0 Å². The second kappa shape index (κ2) is 9.61. The van der Waals surface area contributed by atoms with Crippen molar-refractivity contribution in [3.63, 3.8) is 0 Å². The first-order chi connectivity index (χ1) is 16.9. The molecule has 2 aliphatic rings. The van der Waals surface area contributed by atoms with Crippen LogP contribution in [0.4, 0.5) is 5.82 Å². The van der Waals surface area contributed by atoms with Crippen LogP contribution < -0.4 is 10.5 Å². The van der Waals surface area contributed by atoms with E-state index in [2.05, 4.69) is 20.9 Å². The van der Waals surface area contributed by atoms with Gasteiger partial charge in [-0.2, -0.15) is 10.4 Å². The number of nitriles is 1. The monoisotopic (exact) mass is 495 g/mol. The van der Waals surface area contributed by atoms with Gasteiger partial charge in [-0.1, -0.05) is 11.6 Å². The van der Waals surface area contributed by atoms with Crippen LogP contribution in [0.5, 0.6) is 5.75 Å². The topological polar surface area (TPSA) is 115 Å². The molecule has 0 aliphatic carbocycles. The molecule has 0 spiro atoms. The van der Waals surface area contributed by atoms with Gasteiger partial charge in [-0.3, -0.25) is 0 Å². The maximum atomic E-state index is 10.0. The number of rotatable bonds is 7. The Bertz CT molecular complexity index is 1290. The molecule has 1 unspecified atom stereocenters. The van der Waals surface area contributed by atoms with Crippen molar-refractivity contribution < 1.29 is 9.47 Å². The number of hydrogen-bond acceptors (Lipinski definition) is 8. The maximum absolute atomic E-state index is 10.0. The van der Waals surface area contributed by atoms with E-state index < -0.39 is 0 Å². The van der Waals surface area contributed by atoms with Gasteiger partial charge in [0.15, 0.2) is 5.65 Å². The number of aryl methyl sites for hydroxylation is 1. The lowest BCUT2D eigenvalue weighted by molar-refractivity contribution is 0.111. The molecule has 184 valence electrons. The quantitative estimate of drug-likeness (QED) is 0.527. The Hall–Kier alpha value is -2.93. The van der Waals surface area contributed by atoms with Crippen LogP contribution in [0.3, 0.4) is 0 Å². The van der Waals surface area contributed by atoms with Gasteiger partial charge in [0, 0.05) is 43.3 Å². The van der Waals surface area contributed by atoms with E-state index in [0.717, 1.165) is 67.2 Å². The lowest BCUT2D eigenvalue weighted by Gasteiger charge is -2.42. The number of nitrogens with two attached hydrogens (primary N) is 1. The Morgan fingerprint density at radius 1 is 1.37 bits per heavy atom. The molecule has 2 fully saturated rings. The molecule has 2 aromatic heterocycles. The molecular weight excluding hydrogens is 466 g/mol. The fourth-order valence-electron chi connectivity index (χ4n) is 5.36. The van der Waals surface area contributed by atoms with Crippen molar-refractivity contribution in [3.8, 4) is 11.8 Å². The number of halogens is 1. The van der Waals surface area contributed by atoms with E-state index in [0.29, 0.717) is 34.6 Å². The third-order valence-electron chi connectivity index (χ3n) is 7.11. The number of aromatic nitrogens is 4. The minimum absolute atomic E-state index is 0.173. The Balaban J connectivity index is 1.54. The van der Waals surface area contributed by atoms with Gasteiger partial charge in [-0.25, -0.2) is 14.6 Å². The van der Waals surface area contributed by atoms with Gasteiger partial charge in [0.2, 0.25) is 0 Å². The average molecular weight is 496 g/mol. The summed E-state index contributed by atoms with van der Waals surface area (Å²) in [6.45, 7) is 10.8. The normalized spacial score (nSPS) is 19.6.